The molecular formula is C106H80N10O2S2. The normalized spacial score (nSPS) is 13.2. The van der Waals surface area contributed by atoms with Gasteiger partial charge in [-0.2, -0.15) is 0 Å². The average Bonchev–Trinajstić information content (AvgIpc) is 1.55. The van der Waals surface area contributed by atoms with Gasteiger partial charge in [0.25, 0.3) is 11.8 Å². The third kappa shape index (κ3) is 12.4. The van der Waals surface area contributed by atoms with E-state index in [9.17, 15) is 0 Å². The number of H-pyrrole nitrogens is 4. The number of amides is 2. The quantitative estimate of drug-likeness (QED) is 0.0558. The molecule has 0 radical (unpaired) electrons. The molecule has 0 atom stereocenters. The van der Waals surface area contributed by atoms with Crippen LogP contribution < -0.4 is 0 Å². The Bertz CT molecular complexity index is 7190. The Balaban J connectivity index is 0.711. The summed E-state index contributed by atoms with van der Waals surface area (Å²) in [6.07, 6.45) is 12.5. The van der Waals surface area contributed by atoms with Crippen LogP contribution in [0.15, 0.2) is 266 Å². The molecule has 8 aromatic heterocycles. The first-order chi connectivity index (χ1) is 59.2. The van der Waals surface area contributed by atoms with Crippen molar-refractivity contribution in [2.75, 3.05) is 13.1 Å². The molecule has 578 valence electrons. The summed E-state index contributed by atoms with van der Waals surface area (Å²) in [7, 11) is 0. The van der Waals surface area contributed by atoms with Gasteiger partial charge in [0.05, 0.1) is 110 Å². The first kappa shape index (κ1) is 72.4. The van der Waals surface area contributed by atoms with E-state index in [0.29, 0.717) is 35.6 Å². The molecule has 0 aliphatic carbocycles. The molecule has 12 nitrogen and oxygen atoms in total. The van der Waals surface area contributed by atoms with Gasteiger partial charge < -0.3 is 29.7 Å². The van der Waals surface area contributed by atoms with Crippen LogP contribution in [0.3, 0.4) is 0 Å². The molecule has 14 heteroatoms. The predicted molar refractivity (Wildman–Crippen MR) is 494 cm³/mol. The number of nitrogens with zero attached hydrogens (tertiary/aromatic N) is 6. The van der Waals surface area contributed by atoms with Crippen molar-refractivity contribution in [2.24, 2.45) is 0 Å². The number of nitrogens with one attached hydrogen (secondary N) is 4. The lowest BCUT2D eigenvalue weighted by Crippen LogP contribution is -2.30. The number of carbonyl (C=O) groups excluding carboxylic acids is 2. The number of hydrogen-bond acceptors (Lipinski definition) is 8. The Hall–Kier alpha value is -14.0. The summed E-state index contributed by atoms with van der Waals surface area (Å²) in [5, 5.41) is 8.40. The molecule has 2 amide bonds. The topological polar surface area (TPSA) is 155 Å². The van der Waals surface area contributed by atoms with E-state index in [2.05, 4.69) is 312 Å². The van der Waals surface area contributed by atoms with Crippen molar-refractivity contribution in [2.45, 2.75) is 90.9 Å². The van der Waals surface area contributed by atoms with Crippen LogP contribution in [0.5, 0.6) is 0 Å². The smallest absolute Gasteiger partial charge is 0.261 e. The summed E-state index contributed by atoms with van der Waals surface area (Å²) in [6.45, 7) is 5.40. The van der Waals surface area contributed by atoms with Crippen molar-refractivity contribution in [3.63, 3.8) is 0 Å². The van der Waals surface area contributed by atoms with E-state index in [-0.39, 0.29) is 11.8 Å². The molecule has 0 saturated heterocycles. The van der Waals surface area contributed by atoms with E-state index in [1.54, 1.807) is 0 Å². The van der Waals surface area contributed by atoms with E-state index >= 15 is 9.59 Å². The van der Waals surface area contributed by atoms with Gasteiger partial charge in [-0.25, -0.2) is 19.9 Å². The number of fused-ring (bicyclic) bond motifs is 41. The minimum atomic E-state index is -0.153. The predicted octanol–water partition coefficient (Wildman–Crippen LogP) is 26.3. The molecule has 0 saturated carbocycles. The summed E-state index contributed by atoms with van der Waals surface area (Å²) < 4.78 is 0. The molecule has 120 heavy (non-hydrogen) atoms. The summed E-state index contributed by atoms with van der Waals surface area (Å²) in [5.41, 5.74) is 25.8. The highest BCUT2D eigenvalue weighted by Crippen LogP contribution is 2.51. The molecule has 14 heterocycles. The number of carbonyl (C=O) groups is 2. The van der Waals surface area contributed by atoms with Crippen molar-refractivity contribution < 1.29 is 9.59 Å². The highest BCUT2D eigenvalue weighted by atomic mass is 32.1. The van der Waals surface area contributed by atoms with Gasteiger partial charge in [-0.15, -0.1) is 22.7 Å². The second-order valence-electron chi connectivity index (χ2n) is 31.9. The third-order valence-corrected chi connectivity index (χ3v) is 26.5. The molecule has 0 unspecified atom stereocenters. The highest BCUT2D eigenvalue weighted by Gasteiger charge is 2.49. The van der Waals surface area contributed by atoms with Crippen LogP contribution >= 0.6 is 22.7 Å². The van der Waals surface area contributed by atoms with Crippen LogP contribution in [0.4, 0.5) is 0 Å². The Morgan fingerprint density at radius 3 is 0.908 bits per heavy atom. The fraction of sp³-hybridized carbons (Fsp3) is 0.151. The second kappa shape index (κ2) is 30.2. The van der Waals surface area contributed by atoms with Crippen LogP contribution in [0.2, 0.25) is 0 Å². The van der Waals surface area contributed by atoms with Crippen LogP contribution in [0, 0.1) is 23.7 Å². The van der Waals surface area contributed by atoms with Gasteiger partial charge >= 0.3 is 0 Å². The van der Waals surface area contributed by atoms with Gasteiger partial charge in [-0.1, -0.05) is 296 Å². The van der Waals surface area contributed by atoms with E-state index in [1.807, 2.05) is 9.80 Å². The van der Waals surface area contributed by atoms with Crippen molar-refractivity contribution >= 4 is 133 Å². The first-order valence-corrected chi connectivity index (χ1v) is 43.7. The Morgan fingerprint density at radius 1 is 0.292 bits per heavy atom. The number of aromatic amines is 4. The molecule has 0 spiro atoms. The van der Waals surface area contributed by atoms with Crippen molar-refractivity contribution in [3.05, 3.63) is 297 Å². The Morgan fingerprint density at radius 2 is 0.567 bits per heavy atom. The minimum Gasteiger partial charge on any atom is -0.354 e. The second-order valence-corrected chi connectivity index (χ2v) is 34.1. The molecule has 8 aromatic carbocycles. The highest BCUT2D eigenvalue weighted by molar-refractivity contribution is 7.14. The zero-order chi connectivity index (χ0) is 80.1. The molecule has 6 aliphatic heterocycles. The number of rotatable bonds is 16. The van der Waals surface area contributed by atoms with Gasteiger partial charge in [-0.05, 0) is 73.5 Å². The van der Waals surface area contributed by atoms with Gasteiger partial charge in [-0.3, -0.25) is 9.59 Å². The van der Waals surface area contributed by atoms with E-state index < -0.39 is 0 Å². The lowest BCUT2D eigenvalue weighted by Gasteiger charge is -2.24. The molecule has 6 aliphatic rings. The Kier molecular flexibility index (Phi) is 18.2. The van der Waals surface area contributed by atoms with Gasteiger partial charge in [0.1, 0.15) is 0 Å². The summed E-state index contributed by atoms with van der Waals surface area (Å²) in [5.74, 6) is 14.7. The number of hydrogen-bond donors (Lipinski definition) is 4. The van der Waals surface area contributed by atoms with E-state index in [0.717, 1.165) is 285 Å². The fourth-order valence-electron chi connectivity index (χ4n) is 18.7. The number of aromatic nitrogens is 8. The van der Waals surface area contributed by atoms with Crippen LogP contribution in [0.25, 0.3) is 189 Å². The van der Waals surface area contributed by atoms with Gasteiger partial charge in [0.2, 0.25) is 0 Å². The maximum absolute atomic E-state index is 16.2. The van der Waals surface area contributed by atoms with Crippen LogP contribution in [-0.4, -0.2) is 74.6 Å². The summed E-state index contributed by atoms with van der Waals surface area (Å²) in [4.78, 5) is 77.0. The van der Waals surface area contributed by atoms with Crippen molar-refractivity contribution in [1.29, 1.82) is 0 Å². The molecule has 22 rings (SSSR count). The van der Waals surface area contributed by atoms with Gasteiger partial charge in [0, 0.05) is 134 Å². The molecule has 0 fully saturated rings. The minimum absolute atomic E-state index is 0.153. The molecule has 16 bridgehead atoms. The van der Waals surface area contributed by atoms with E-state index in [4.69, 9.17) is 19.9 Å². The number of unbranched alkanes of at least 4 members (excludes halogenated alkanes) is 10. The zero-order valence-electron chi connectivity index (χ0n) is 66.5. The third-order valence-electron chi connectivity index (χ3n) is 24.5. The number of benzene rings is 8. The Labute approximate surface area is 701 Å². The molecule has 4 N–H and O–H groups in total. The van der Waals surface area contributed by atoms with Gasteiger partial charge in [0.15, 0.2) is 0 Å². The molecule has 16 aromatic rings. The first-order valence-electron chi connectivity index (χ1n) is 42.1. The largest absolute Gasteiger partial charge is 0.354 e. The van der Waals surface area contributed by atoms with E-state index in [1.165, 1.54) is 22.7 Å². The lowest BCUT2D eigenvalue weighted by atomic mass is 10.0. The molecular weight excluding hydrogens is 1510 g/mol. The maximum atomic E-state index is 16.2. The lowest BCUT2D eigenvalue weighted by molar-refractivity contribution is -0.124. The summed E-state index contributed by atoms with van der Waals surface area (Å²) >= 11 is 3.04. The maximum Gasteiger partial charge on any atom is 0.261 e. The zero-order valence-corrected chi connectivity index (χ0v) is 68.1. The average molecular weight is 1590 g/mol. The monoisotopic (exact) mass is 1590 g/mol. The number of thiophene rings is 2. The summed E-state index contributed by atoms with van der Waals surface area (Å²) in [6, 6.07) is 89.1. The van der Waals surface area contributed by atoms with Crippen LogP contribution in [0.1, 0.15) is 122 Å². The van der Waals surface area contributed by atoms with Crippen molar-refractivity contribution in [3.8, 4) is 114 Å². The standard InChI is InChI=1S/C106H80N10O2S2/c1-3-5-7-9-11-29-55-115-103(95-53-49-63(119-95)47-51-81-99-77-43-25-21-39-73(77)91(111-99)59-87-69-35-17-13-31-65(69)83(107-87)57-84-66-32-14-18-36-70(66)88(108-84)60-92-74-40-22-26-44-78(74)100(81)112-92)97-98(105(115)117)104(116(106(97)118)56-30-12-10-8-6-4-2)96-54-50-64(120-96)48-52-82-101-79-45-27-23-41-75(79)93(113-101)61-89-71-37-19-15-33-67(71)85(109-89)58-86-68-34-16-20-38-72(68)90(110-86)62-94-76-42-24-28-46-80(76)102(82)114-94/h13-28,31-46,49-50,53-54,57-62,107,109,112,114H,3-12,29-30,55-56H2,1-2H3. The SMILES string of the molecule is CCCCCCCCN1C(=O)C2=C(c3ccc(C#Cc4c5nc(cc6[nH]c(cc7nc(cc8[nH]c4c4ccccc84)-c4ccccc4-7)c4ccccc64)-c4ccccc4-5)s3)N(CCCCCCCC)C(=O)C2=C1c1ccc(C#Cc2c3nc(cc4[nH]c(cc5nc(cc6[nH]c2c2ccccc62)-c2ccccc2-5)c2ccccc42)-c2ccccc2-3)s1. The van der Waals surface area contributed by atoms with Crippen molar-refractivity contribution in [1.82, 2.24) is 49.7 Å². The van der Waals surface area contributed by atoms with Crippen LogP contribution in [-0.2, 0) is 9.59 Å². The fourth-order valence-corrected chi connectivity index (χ4v) is 20.6.